The van der Waals surface area contributed by atoms with Crippen LogP contribution in [0.1, 0.15) is 36.1 Å². The standard InChI is InChI=1S/C13H23N3S/c1-3-16-7-4-5-12(6-8-16)15-10-13-9-14-11(2)17-13/h9,12,15H,3-8,10H2,1-2H3. The normalized spacial score (nSPS) is 22.6. The Morgan fingerprint density at radius 1 is 1.47 bits per heavy atom. The Hall–Kier alpha value is -0.450. The lowest BCUT2D eigenvalue weighted by Gasteiger charge is -2.18. The summed E-state index contributed by atoms with van der Waals surface area (Å²) in [4.78, 5) is 8.21. The van der Waals surface area contributed by atoms with Crippen molar-refractivity contribution in [1.29, 1.82) is 0 Å². The van der Waals surface area contributed by atoms with Crippen LogP contribution < -0.4 is 5.32 Å². The SMILES string of the molecule is CCN1CCCC(NCc2cnc(C)s2)CC1. The molecule has 2 rings (SSSR count). The first-order valence-electron chi connectivity index (χ1n) is 6.65. The number of aryl methyl sites for hydroxylation is 1. The summed E-state index contributed by atoms with van der Waals surface area (Å²) < 4.78 is 0. The van der Waals surface area contributed by atoms with E-state index in [1.54, 1.807) is 11.3 Å². The second-order valence-corrected chi connectivity index (χ2v) is 6.11. The Labute approximate surface area is 108 Å². The molecule has 1 unspecified atom stereocenters. The van der Waals surface area contributed by atoms with Gasteiger partial charge in [0, 0.05) is 23.7 Å². The summed E-state index contributed by atoms with van der Waals surface area (Å²) in [5.74, 6) is 0. The fraction of sp³-hybridized carbons (Fsp3) is 0.769. The van der Waals surface area contributed by atoms with Gasteiger partial charge in [0.1, 0.15) is 0 Å². The summed E-state index contributed by atoms with van der Waals surface area (Å²) in [5.41, 5.74) is 0. The fourth-order valence-corrected chi connectivity index (χ4v) is 3.15. The number of hydrogen-bond donors (Lipinski definition) is 1. The lowest BCUT2D eigenvalue weighted by molar-refractivity contribution is 0.297. The Kier molecular flexibility index (Phi) is 4.95. The van der Waals surface area contributed by atoms with Gasteiger partial charge in [-0.25, -0.2) is 4.98 Å². The predicted molar refractivity (Wildman–Crippen MR) is 73.4 cm³/mol. The van der Waals surface area contributed by atoms with Gasteiger partial charge in [0.05, 0.1) is 5.01 Å². The zero-order chi connectivity index (χ0) is 12.1. The van der Waals surface area contributed by atoms with Gasteiger partial charge in [-0.1, -0.05) is 6.92 Å². The van der Waals surface area contributed by atoms with Crippen LogP contribution in [0.3, 0.4) is 0 Å². The molecule has 1 N–H and O–H groups in total. The van der Waals surface area contributed by atoms with Gasteiger partial charge in [0.2, 0.25) is 0 Å². The van der Waals surface area contributed by atoms with E-state index in [4.69, 9.17) is 0 Å². The first-order valence-corrected chi connectivity index (χ1v) is 7.46. The topological polar surface area (TPSA) is 28.2 Å². The second kappa shape index (κ2) is 6.47. The van der Waals surface area contributed by atoms with Crippen molar-refractivity contribution >= 4 is 11.3 Å². The van der Waals surface area contributed by atoms with Gasteiger partial charge in [-0.2, -0.15) is 0 Å². The number of nitrogens with zero attached hydrogens (tertiary/aromatic N) is 2. The fourth-order valence-electron chi connectivity index (χ4n) is 2.41. The zero-order valence-corrected chi connectivity index (χ0v) is 11.7. The van der Waals surface area contributed by atoms with E-state index in [9.17, 15) is 0 Å². The van der Waals surface area contributed by atoms with Crippen LogP contribution in [-0.2, 0) is 6.54 Å². The molecule has 3 nitrogen and oxygen atoms in total. The third-order valence-electron chi connectivity index (χ3n) is 3.50. The summed E-state index contributed by atoms with van der Waals surface area (Å²) >= 11 is 1.80. The molecule has 1 atom stereocenters. The largest absolute Gasteiger partial charge is 0.309 e. The summed E-state index contributed by atoms with van der Waals surface area (Å²) in [5, 5.41) is 4.85. The van der Waals surface area contributed by atoms with Gasteiger partial charge in [-0.3, -0.25) is 0 Å². The maximum Gasteiger partial charge on any atom is 0.0897 e. The first kappa shape index (κ1) is 13.0. The van der Waals surface area contributed by atoms with Crippen LogP contribution in [0.5, 0.6) is 0 Å². The second-order valence-electron chi connectivity index (χ2n) is 4.79. The van der Waals surface area contributed by atoms with Gasteiger partial charge in [-0.15, -0.1) is 11.3 Å². The minimum Gasteiger partial charge on any atom is -0.309 e. The molecular weight excluding hydrogens is 230 g/mol. The van der Waals surface area contributed by atoms with Crippen molar-refractivity contribution in [2.45, 2.75) is 45.7 Å². The lowest BCUT2D eigenvalue weighted by atomic mass is 10.1. The Morgan fingerprint density at radius 2 is 2.35 bits per heavy atom. The highest BCUT2D eigenvalue weighted by Crippen LogP contribution is 2.14. The number of hydrogen-bond acceptors (Lipinski definition) is 4. The minimum absolute atomic E-state index is 0.689. The average molecular weight is 253 g/mol. The highest BCUT2D eigenvalue weighted by molar-refractivity contribution is 7.11. The highest BCUT2D eigenvalue weighted by Gasteiger charge is 2.15. The van der Waals surface area contributed by atoms with Crippen molar-refractivity contribution in [3.63, 3.8) is 0 Å². The summed E-state index contributed by atoms with van der Waals surface area (Å²) in [6, 6.07) is 0.689. The summed E-state index contributed by atoms with van der Waals surface area (Å²) in [6.07, 6.45) is 5.93. The van der Waals surface area contributed by atoms with Crippen LogP contribution in [-0.4, -0.2) is 35.6 Å². The molecule has 0 spiro atoms. The van der Waals surface area contributed by atoms with Gasteiger partial charge in [0.25, 0.3) is 0 Å². The Bertz CT molecular complexity index is 337. The first-order chi connectivity index (χ1) is 8.28. The van der Waals surface area contributed by atoms with E-state index in [0.717, 1.165) is 6.54 Å². The van der Waals surface area contributed by atoms with E-state index in [1.165, 1.54) is 48.8 Å². The molecule has 96 valence electrons. The van der Waals surface area contributed by atoms with Crippen LogP contribution in [0.15, 0.2) is 6.20 Å². The molecule has 1 fully saturated rings. The molecule has 0 bridgehead atoms. The Morgan fingerprint density at radius 3 is 3.06 bits per heavy atom. The predicted octanol–water partition coefficient (Wildman–Crippen LogP) is 2.42. The van der Waals surface area contributed by atoms with Gasteiger partial charge >= 0.3 is 0 Å². The zero-order valence-electron chi connectivity index (χ0n) is 10.9. The van der Waals surface area contributed by atoms with Crippen LogP contribution in [0.25, 0.3) is 0 Å². The maximum absolute atomic E-state index is 4.29. The van der Waals surface area contributed by atoms with Gasteiger partial charge in [-0.05, 0) is 45.8 Å². The van der Waals surface area contributed by atoms with Crippen LogP contribution in [0.2, 0.25) is 0 Å². The van der Waals surface area contributed by atoms with E-state index in [2.05, 4.69) is 29.0 Å². The molecule has 17 heavy (non-hydrogen) atoms. The number of likely N-dealkylation sites (tertiary alicyclic amines) is 1. The van der Waals surface area contributed by atoms with E-state index in [0.29, 0.717) is 6.04 Å². The molecule has 1 aromatic rings. The minimum atomic E-state index is 0.689. The molecular formula is C13H23N3S. The van der Waals surface area contributed by atoms with Crippen molar-refractivity contribution in [3.05, 3.63) is 16.1 Å². The molecule has 0 saturated carbocycles. The van der Waals surface area contributed by atoms with Crippen LogP contribution >= 0.6 is 11.3 Å². The molecule has 0 radical (unpaired) electrons. The summed E-state index contributed by atoms with van der Waals surface area (Å²) in [7, 11) is 0. The van der Waals surface area contributed by atoms with Gasteiger partial charge in [0.15, 0.2) is 0 Å². The third kappa shape index (κ3) is 4.05. The van der Waals surface area contributed by atoms with Crippen molar-refractivity contribution < 1.29 is 0 Å². The van der Waals surface area contributed by atoms with Crippen molar-refractivity contribution in [2.75, 3.05) is 19.6 Å². The number of thiazole rings is 1. The molecule has 1 aliphatic heterocycles. The molecule has 1 saturated heterocycles. The number of rotatable bonds is 4. The van der Waals surface area contributed by atoms with Crippen molar-refractivity contribution in [1.82, 2.24) is 15.2 Å². The van der Waals surface area contributed by atoms with Crippen LogP contribution in [0, 0.1) is 6.92 Å². The van der Waals surface area contributed by atoms with Gasteiger partial charge < -0.3 is 10.2 Å². The molecule has 0 aromatic carbocycles. The number of nitrogens with one attached hydrogen (secondary N) is 1. The number of aromatic nitrogens is 1. The van der Waals surface area contributed by atoms with Crippen LogP contribution in [0.4, 0.5) is 0 Å². The molecule has 1 aromatic heterocycles. The average Bonchev–Trinajstić information content (AvgIpc) is 2.63. The molecule has 4 heteroatoms. The smallest absolute Gasteiger partial charge is 0.0897 e. The van der Waals surface area contributed by atoms with Crippen molar-refractivity contribution in [3.8, 4) is 0 Å². The monoisotopic (exact) mass is 253 g/mol. The molecule has 2 heterocycles. The van der Waals surface area contributed by atoms with Crippen molar-refractivity contribution in [2.24, 2.45) is 0 Å². The lowest BCUT2D eigenvalue weighted by Crippen LogP contribution is -2.30. The Balaban J connectivity index is 1.75. The van der Waals surface area contributed by atoms with E-state index in [1.807, 2.05) is 6.20 Å². The third-order valence-corrected chi connectivity index (χ3v) is 4.41. The maximum atomic E-state index is 4.29. The molecule has 0 amide bonds. The quantitative estimate of drug-likeness (QED) is 0.893. The molecule has 0 aliphatic carbocycles. The molecule has 1 aliphatic rings. The van der Waals surface area contributed by atoms with E-state index >= 15 is 0 Å². The summed E-state index contributed by atoms with van der Waals surface area (Å²) in [6.45, 7) is 9.03. The van der Waals surface area contributed by atoms with E-state index < -0.39 is 0 Å². The highest BCUT2D eigenvalue weighted by atomic mass is 32.1. The van der Waals surface area contributed by atoms with E-state index in [-0.39, 0.29) is 0 Å².